The van der Waals surface area contributed by atoms with Gasteiger partial charge in [0.05, 0.1) is 35.4 Å². The molecule has 6 atom stereocenters. The molecule has 4 aliphatic rings. The molecule has 1 saturated carbocycles. The van der Waals surface area contributed by atoms with Crippen LogP contribution in [0.4, 0.5) is 5.69 Å². The standard InChI is InChI=1S/C40H37N3O5S/c1-22-11-13-27(14-12-22)41-43-37(46)32-20-31-29(15-16-30-33(31)38(47)42(36(30)45)21-28-10-7-17-49-28)34(25-18-23(2)35(44)24(3)19-25)40(32,39(43)48)26-8-5-4-6-9-26/h4-15,17-19,30-34,41,44H,16,20-21H2,1-3H3. The highest BCUT2D eigenvalue weighted by molar-refractivity contribution is 7.09. The molecule has 248 valence electrons. The first-order valence-electron chi connectivity index (χ1n) is 16.8. The highest BCUT2D eigenvalue weighted by Crippen LogP contribution is 2.64. The van der Waals surface area contributed by atoms with Gasteiger partial charge in [0, 0.05) is 10.8 Å². The summed E-state index contributed by atoms with van der Waals surface area (Å²) < 4.78 is 0. The van der Waals surface area contributed by atoms with Crippen molar-refractivity contribution in [2.75, 3.05) is 5.43 Å². The van der Waals surface area contributed by atoms with Crippen LogP contribution in [0.2, 0.25) is 0 Å². The van der Waals surface area contributed by atoms with Crippen LogP contribution in [-0.4, -0.2) is 38.6 Å². The molecule has 2 saturated heterocycles. The molecule has 0 bridgehead atoms. The number of hydrogen-bond donors (Lipinski definition) is 2. The van der Waals surface area contributed by atoms with Crippen molar-refractivity contribution in [2.24, 2.45) is 23.7 Å². The van der Waals surface area contributed by atoms with Crippen LogP contribution in [0, 0.1) is 44.4 Å². The number of thiophene rings is 1. The highest BCUT2D eigenvalue weighted by atomic mass is 32.1. The molecule has 49 heavy (non-hydrogen) atoms. The van der Waals surface area contributed by atoms with E-state index in [9.17, 15) is 19.5 Å². The molecule has 2 aliphatic heterocycles. The number of aromatic hydroxyl groups is 1. The number of benzene rings is 3. The van der Waals surface area contributed by atoms with Crippen molar-refractivity contribution in [1.82, 2.24) is 9.91 Å². The molecular formula is C40H37N3O5S. The molecule has 2 aliphatic carbocycles. The van der Waals surface area contributed by atoms with Crippen LogP contribution < -0.4 is 5.43 Å². The fraction of sp³-hybridized carbons (Fsp3) is 0.300. The monoisotopic (exact) mass is 671 g/mol. The Kier molecular flexibility index (Phi) is 7.37. The molecular weight excluding hydrogens is 635 g/mol. The van der Waals surface area contributed by atoms with Crippen molar-refractivity contribution in [3.63, 3.8) is 0 Å². The summed E-state index contributed by atoms with van der Waals surface area (Å²) >= 11 is 1.51. The van der Waals surface area contributed by atoms with Crippen LogP contribution in [-0.2, 0) is 31.1 Å². The van der Waals surface area contributed by atoms with E-state index in [1.54, 1.807) is 0 Å². The number of likely N-dealkylation sites (tertiary alicyclic amines) is 1. The Bertz CT molecular complexity index is 2020. The number of phenolic OH excluding ortho intramolecular Hbond substituents is 1. The second-order valence-corrected chi connectivity index (χ2v) is 15.0. The maximum Gasteiger partial charge on any atom is 0.260 e. The molecule has 3 aromatic carbocycles. The second-order valence-electron chi connectivity index (χ2n) is 13.9. The van der Waals surface area contributed by atoms with Gasteiger partial charge in [0.15, 0.2) is 0 Å². The molecule has 0 radical (unpaired) electrons. The molecule has 4 aromatic rings. The van der Waals surface area contributed by atoms with Crippen LogP contribution in [0.5, 0.6) is 5.75 Å². The summed E-state index contributed by atoms with van der Waals surface area (Å²) in [5.74, 6) is -3.98. The minimum atomic E-state index is -1.34. The van der Waals surface area contributed by atoms with E-state index in [0.29, 0.717) is 23.2 Å². The van der Waals surface area contributed by atoms with E-state index in [0.717, 1.165) is 27.1 Å². The minimum absolute atomic E-state index is 0.177. The number of nitrogens with one attached hydrogen (secondary N) is 1. The fourth-order valence-electron chi connectivity index (χ4n) is 9.06. The number of rotatable bonds is 6. The van der Waals surface area contributed by atoms with Crippen LogP contribution in [0.25, 0.3) is 0 Å². The van der Waals surface area contributed by atoms with E-state index >= 15 is 4.79 Å². The number of hydrazine groups is 1. The van der Waals surface area contributed by atoms with Crippen molar-refractivity contribution in [1.29, 1.82) is 0 Å². The lowest BCUT2D eigenvalue weighted by Gasteiger charge is -2.50. The van der Waals surface area contributed by atoms with Crippen LogP contribution >= 0.6 is 11.3 Å². The highest BCUT2D eigenvalue weighted by Gasteiger charge is 2.70. The zero-order valence-electron chi connectivity index (χ0n) is 27.6. The summed E-state index contributed by atoms with van der Waals surface area (Å²) in [5, 5.41) is 13.9. The molecule has 0 spiro atoms. The van der Waals surface area contributed by atoms with Gasteiger partial charge < -0.3 is 5.11 Å². The zero-order chi connectivity index (χ0) is 34.2. The van der Waals surface area contributed by atoms with Crippen LogP contribution in [0.3, 0.4) is 0 Å². The third-order valence-corrected chi connectivity index (χ3v) is 12.1. The van der Waals surface area contributed by atoms with E-state index in [-0.39, 0.29) is 42.3 Å². The third-order valence-electron chi connectivity index (χ3n) is 11.2. The first-order valence-corrected chi connectivity index (χ1v) is 17.6. The van der Waals surface area contributed by atoms with E-state index in [2.05, 4.69) is 11.5 Å². The van der Waals surface area contributed by atoms with Crippen molar-refractivity contribution < 1.29 is 24.3 Å². The minimum Gasteiger partial charge on any atom is -0.507 e. The first kappa shape index (κ1) is 31.3. The Labute approximate surface area is 289 Å². The summed E-state index contributed by atoms with van der Waals surface area (Å²) in [6, 6.07) is 24.7. The lowest BCUT2D eigenvalue weighted by atomic mass is 9.49. The quantitative estimate of drug-likeness (QED) is 0.178. The number of amides is 4. The Morgan fingerprint density at radius 3 is 2.24 bits per heavy atom. The van der Waals surface area contributed by atoms with E-state index in [4.69, 9.17) is 0 Å². The fourth-order valence-corrected chi connectivity index (χ4v) is 9.75. The molecule has 4 amide bonds. The topological polar surface area (TPSA) is 107 Å². The summed E-state index contributed by atoms with van der Waals surface area (Å²) in [6.45, 7) is 5.87. The number of carbonyl (C=O) groups excluding carboxylic acids is 4. The largest absolute Gasteiger partial charge is 0.507 e. The number of nitrogens with zero attached hydrogens (tertiary/aromatic N) is 2. The molecule has 3 fully saturated rings. The van der Waals surface area contributed by atoms with E-state index in [1.165, 1.54) is 21.2 Å². The van der Waals surface area contributed by atoms with E-state index in [1.807, 2.05) is 105 Å². The number of phenols is 1. The van der Waals surface area contributed by atoms with Gasteiger partial charge in [-0.1, -0.05) is 77.9 Å². The molecule has 6 unspecified atom stereocenters. The number of aryl methyl sites for hydroxylation is 3. The van der Waals surface area contributed by atoms with Crippen molar-refractivity contribution >= 4 is 40.7 Å². The van der Waals surface area contributed by atoms with Crippen molar-refractivity contribution in [2.45, 2.75) is 51.5 Å². The lowest BCUT2D eigenvalue weighted by molar-refractivity contribution is -0.141. The van der Waals surface area contributed by atoms with Gasteiger partial charge in [-0.2, -0.15) is 5.01 Å². The lowest BCUT2D eigenvalue weighted by Crippen LogP contribution is -2.53. The third kappa shape index (κ3) is 4.62. The number of carbonyl (C=O) groups is 4. The summed E-state index contributed by atoms with van der Waals surface area (Å²) in [6.07, 6.45) is 2.69. The molecule has 2 N–H and O–H groups in total. The van der Waals surface area contributed by atoms with Gasteiger partial charge >= 0.3 is 0 Å². The maximum absolute atomic E-state index is 15.3. The molecule has 8 rings (SSSR count). The number of allylic oxidation sites excluding steroid dienone is 2. The Hall–Kier alpha value is -5.02. The van der Waals surface area contributed by atoms with Crippen molar-refractivity contribution in [3.05, 3.63) is 129 Å². The SMILES string of the molecule is Cc1ccc(NN2C(=O)C3CC4C(=CCC5C(=O)N(Cc6cccs6)C(=O)C54)C(c4cc(C)c(O)c(C)c4)C3(c3ccccc3)C2=O)cc1. The maximum atomic E-state index is 15.3. The number of hydrogen-bond acceptors (Lipinski definition) is 7. The van der Waals surface area contributed by atoms with E-state index < -0.39 is 35.0 Å². The van der Waals surface area contributed by atoms with Gasteiger partial charge in [0.2, 0.25) is 11.8 Å². The van der Waals surface area contributed by atoms with Gasteiger partial charge in [0.1, 0.15) is 5.75 Å². The smallest absolute Gasteiger partial charge is 0.260 e. The van der Waals surface area contributed by atoms with Gasteiger partial charge in [-0.15, -0.1) is 11.3 Å². The van der Waals surface area contributed by atoms with Crippen LogP contribution in [0.15, 0.2) is 95.9 Å². The number of anilines is 1. The van der Waals surface area contributed by atoms with Gasteiger partial charge in [-0.3, -0.25) is 29.5 Å². The van der Waals surface area contributed by atoms with Gasteiger partial charge in [-0.25, -0.2) is 0 Å². The van der Waals surface area contributed by atoms with Gasteiger partial charge in [0.25, 0.3) is 11.8 Å². The second kappa shape index (κ2) is 11.6. The number of imide groups is 2. The zero-order valence-corrected chi connectivity index (χ0v) is 28.4. The predicted molar refractivity (Wildman–Crippen MR) is 186 cm³/mol. The normalized spacial score (nSPS) is 27.6. The Morgan fingerprint density at radius 1 is 0.857 bits per heavy atom. The Morgan fingerprint density at radius 2 is 1.57 bits per heavy atom. The number of fused-ring (bicyclic) bond motifs is 4. The molecule has 1 aromatic heterocycles. The molecule has 9 heteroatoms. The predicted octanol–water partition coefficient (Wildman–Crippen LogP) is 6.56. The van der Waals surface area contributed by atoms with Gasteiger partial charge in [-0.05, 0) is 85.4 Å². The molecule has 8 nitrogen and oxygen atoms in total. The summed E-state index contributed by atoms with van der Waals surface area (Å²) in [5.41, 5.74) is 7.19. The summed E-state index contributed by atoms with van der Waals surface area (Å²) in [7, 11) is 0. The Balaban J connectivity index is 1.32. The average molecular weight is 672 g/mol. The average Bonchev–Trinajstić information content (AvgIpc) is 3.76. The first-order chi connectivity index (χ1) is 23.6. The van der Waals surface area contributed by atoms with Crippen molar-refractivity contribution in [3.8, 4) is 5.75 Å². The summed E-state index contributed by atoms with van der Waals surface area (Å²) in [4.78, 5) is 60.5. The van der Waals surface area contributed by atoms with Crippen LogP contribution in [0.1, 0.15) is 51.5 Å². The molecule has 3 heterocycles.